The van der Waals surface area contributed by atoms with Crippen molar-refractivity contribution in [2.45, 2.75) is 38.6 Å². The number of hydrogen-bond donors (Lipinski definition) is 3. The van der Waals surface area contributed by atoms with Gasteiger partial charge in [-0.1, -0.05) is 20.8 Å². The van der Waals surface area contributed by atoms with Gasteiger partial charge in [0.05, 0.1) is 10.5 Å². The Balaban J connectivity index is 1.89. The van der Waals surface area contributed by atoms with Crippen LogP contribution in [-0.2, 0) is 23.0 Å². The number of fused-ring (bicyclic) bond motifs is 1. The fourth-order valence-corrected chi connectivity index (χ4v) is 6.64. The summed E-state index contributed by atoms with van der Waals surface area (Å²) in [6, 6.07) is 4.67. The number of amides is 4. The fourth-order valence-electron chi connectivity index (χ4n) is 3.90. The van der Waals surface area contributed by atoms with Gasteiger partial charge in [0.1, 0.15) is 5.00 Å². The molecule has 1 aromatic carbocycles. The van der Waals surface area contributed by atoms with Crippen LogP contribution in [0.3, 0.4) is 0 Å². The predicted molar refractivity (Wildman–Crippen MR) is 131 cm³/mol. The topological polar surface area (TPSA) is 142 Å². The summed E-state index contributed by atoms with van der Waals surface area (Å²) in [7, 11) is -3.64. The van der Waals surface area contributed by atoms with Gasteiger partial charge in [-0.25, -0.2) is 13.2 Å². The first-order valence-electron chi connectivity index (χ1n) is 11.0. The van der Waals surface area contributed by atoms with Gasteiger partial charge in [-0.05, 0) is 42.8 Å². The summed E-state index contributed by atoms with van der Waals surface area (Å²) in [6.45, 7) is 8.50. The highest BCUT2D eigenvalue weighted by atomic mass is 32.2. The molecule has 0 unspecified atom stereocenters. The van der Waals surface area contributed by atoms with Crippen LogP contribution in [0.25, 0.3) is 0 Å². The number of primary amides is 1. The molecular formula is C22H29N5O5S2. The number of imide groups is 1. The maximum Gasteiger partial charge on any atom is 0.319 e. The van der Waals surface area contributed by atoms with E-state index < -0.39 is 27.9 Å². The van der Waals surface area contributed by atoms with Gasteiger partial charge >= 0.3 is 6.03 Å². The summed E-state index contributed by atoms with van der Waals surface area (Å²) < 4.78 is 26.7. The second kappa shape index (κ2) is 10.6. The number of rotatable bonds is 8. The summed E-state index contributed by atoms with van der Waals surface area (Å²) in [4.78, 5) is 40.2. The lowest BCUT2D eigenvalue weighted by molar-refractivity contribution is 0.0965. The lowest BCUT2D eigenvalue weighted by atomic mass is 10.0. The molecule has 0 bridgehead atoms. The molecule has 34 heavy (non-hydrogen) atoms. The standard InChI is InChI=1S/C22H29N5O5S2/c1-4-26-12-11-16-17(13-26)33-21(18(16)20(29)25-22(23)30)24-19(28)14-7-9-15(10-8-14)34(31,32)27(5-2)6-3/h7-10H,4-6,11-13H2,1-3H3,(H,24,28)(H3,23,25,29,30). The molecular weight excluding hydrogens is 478 g/mol. The SMILES string of the molecule is CCN1CCc2c(sc(NC(=O)c3ccc(S(=O)(=O)N(CC)CC)cc3)c2C(=O)NC(N)=O)C1. The number of hydrogen-bond acceptors (Lipinski definition) is 7. The predicted octanol–water partition coefficient (Wildman–Crippen LogP) is 2.22. The Morgan fingerprint density at radius 3 is 2.29 bits per heavy atom. The van der Waals surface area contributed by atoms with Gasteiger partial charge in [0.2, 0.25) is 10.0 Å². The molecule has 0 aliphatic carbocycles. The zero-order chi connectivity index (χ0) is 25.0. The third kappa shape index (κ3) is 5.30. The van der Waals surface area contributed by atoms with Crippen molar-refractivity contribution in [3.8, 4) is 0 Å². The normalized spacial score (nSPS) is 14.0. The Labute approximate surface area is 203 Å². The lowest BCUT2D eigenvalue weighted by Crippen LogP contribution is -2.36. The third-order valence-corrected chi connectivity index (χ3v) is 8.93. The minimum absolute atomic E-state index is 0.0977. The van der Waals surface area contributed by atoms with Crippen molar-refractivity contribution in [1.29, 1.82) is 0 Å². The molecule has 0 saturated heterocycles. The zero-order valence-corrected chi connectivity index (χ0v) is 21.0. The van der Waals surface area contributed by atoms with Gasteiger partial charge in [-0.2, -0.15) is 4.31 Å². The molecule has 4 N–H and O–H groups in total. The number of likely N-dealkylation sites (N-methyl/N-ethyl adjacent to an activating group) is 1. The van der Waals surface area contributed by atoms with Crippen LogP contribution in [0, 0.1) is 0 Å². The number of nitrogens with one attached hydrogen (secondary N) is 2. The summed E-state index contributed by atoms with van der Waals surface area (Å²) >= 11 is 1.29. The first-order valence-corrected chi connectivity index (χ1v) is 13.3. The number of nitrogens with zero attached hydrogens (tertiary/aromatic N) is 2. The number of sulfonamides is 1. The molecule has 0 atom stereocenters. The van der Waals surface area contributed by atoms with Crippen molar-refractivity contribution in [3.63, 3.8) is 0 Å². The van der Waals surface area contributed by atoms with E-state index in [9.17, 15) is 22.8 Å². The maximum absolute atomic E-state index is 13.0. The number of thiophene rings is 1. The molecule has 2 heterocycles. The van der Waals surface area contributed by atoms with Gasteiger partial charge in [0, 0.05) is 36.6 Å². The van der Waals surface area contributed by atoms with E-state index in [0.717, 1.165) is 23.5 Å². The highest BCUT2D eigenvalue weighted by Gasteiger charge is 2.29. The summed E-state index contributed by atoms with van der Waals surface area (Å²) in [5, 5.41) is 5.18. The zero-order valence-electron chi connectivity index (χ0n) is 19.4. The quantitative estimate of drug-likeness (QED) is 0.500. The van der Waals surface area contributed by atoms with E-state index in [4.69, 9.17) is 5.73 Å². The fraction of sp³-hybridized carbons (Fsp3) is 0.409. The molecule has 0 saturated carbocycles. The van der Waals surface area contributed by atoms with E-state index >= 15 is 0 Å². The average molecular weight is 508 g/mol. The van der Waals surface area contributed by atoms with Gasteiger partial charge in [0.25, 0.3) is 11.8 Å². The first kappa shape index (κ1) is 25.8. The van der Waals surface area contributed by atoms with Crippen LogP contribution in [0.2, 0.25) is 0 Å². The monoisotopic (exact) mass is 507 g/mol. The Hall–Kier alpha value is -2.80. The van der Waals surface area contributed by atoms with Gasteiger partial charge in [-0.3, -0.25) is 19.8 Å². The second-order valence-electron chi connectivity index (χ2n) is 7.71. The second-order valence-corrected chi connectivity index (χ2v) is 10.8. The molecule has 12 heteroatoms. The molecule has 10 nitrogen and oxygen atoms in total. The van der Waals surface area contributed by atoms with Gasteiger partial charge < -0.3 is 11.1 Å². The molecule has 1 aliphatic rings. The van der Waals surface area contributed by atoms with Crippen molar-refractivity contribution in [2.75, 3.05) is 31.5 Å². The molecule has 1 aromatic heterocycles. The first-order chi connectivity index (χ1) is 16.1. The van der Waals surface area contributed by atoms with Crippen molar-refractivity contribution < 1.29 is 22.8 Å². The highest BCUT2D eigenvalue weighted by Crippen LogP contribution is 2.37. The Morgan fingerprint density at radius 1 is 1.09 bits per heavy atom. The Kier molecular flexibility index (Phi) is 8.08. The highest BCUT2D eigenvalue weighted by molar-refractivity contribution is 7.89. The number of nitrogens with two attached hydrogens (primary N) is 1. The van der Waals surface area contributed by atoms with Crippen LogP contribution in [0.4, 0.5) is 9.80 Å². The molecule has 0 spiro atoms. The summed E-state index contributed by atoms with van der Waals surface area (Å²) in [6.07, 6.45) is 0.606. The van der Waals surface area contributed by atoms with E-state index in [1.54, 1.807) is 13.8 Å². The lowest BCUT2D eigenvalue weighted by Gasteiger charge is -2.25. The average Bonchev–Trinajstić information content (AvgIpc) is 3.16. The molecule has 1 aliphatic heterocycles. The molecule has 0 fully saturated rings. The number of benzene rings is 1. The van der Waals surface area contributed by atoms with Crippen LogP contribution in [-0.4, -0.2) is 61.6 Å². The largest absolute Gasteiger partial charge is 0.351 e. The van der Waals surface area contributed by atoms with Crippen molar-refractivity contribution in [3.05, 3.63) is 45.8 Å². The van der Waals surface area contributed by atoms with E-state index in [0.29, 0.717) is 31.1 Å². The maximum atomic E-state index is 13.0. The molecule has 3 rings (SSSR count). The van der Waals surface area contributed by atoms with Gasteiger partial charge in [0.15, 0.2) is 0 Å². The van der Waals surface area contributed by atoms with Crippen LogP contribution in [0.5, 0.6) is 0 Å². The van der Waals surface area contributed by atoms with E-state index in [1.807, 2.05) is 6.92 Å². The van der Waals surface area contributed by atoms with Crippen LogP contribution in [0.15, 0.2) is 29.2 Å². The van der Waals surface area contributed by atoms with E-state index in [-0.39, 0.29) is 16.0 Å². The van der Waals surface area contributed by atoms with Gasteiger partial charge in [-0.15, -0.1) is 11.3 Å². The Bertz CT molecular complexity index is 1190. The van der Waals surface area contributed by atoms with Crippen LogP contribution < -0.4 is 16.4 Å². The third-order valence-electron chi connectivity index (χ3n) is 5.73. The number of carbonyl (C=O) groups is 3. The minimum atomic E-state index is -3.64. The smallest absolute Gasteiger partial charge is 0.319 e. The molecule has 2 aromatic rings. The molecule has 184 valence electrons. The van der Waals surface area contributed by atoms with Crippen LogP contribution in [0.1, 0.15) is 51.9 Å². The molecule has 0 radical (unpaired) electrons. The van der Waals surface area contributed by atoms with Crippen molar-refractivity contribution in [2.24, 2.45) is 5.73 Å². The van der Waals surface area contributed by atoms with Crippen molar-refractivity contribution >= 4 is 44.2 Å². The van der Waals surface area contributed by atoms with Crippen molar-refractivity contribution in [1.82, 2.24) is 14.5 Å². The minimum Gasteiger partial charge on any atom is -0.351 e. The molecule has 4 amide bonds. The van der Waals surface area contributed by atoms with E-state index in [2.05, 4.69) is 15.5 Å². The van der Waals surface area contributed by atoms with E-state index in [1.165, 1.54) is 39.9 Å². The number of anilines is 1. The van der Waals surface area contributed by atoms with Crippen LogP contribution >= 0.6 is 11.3 Å². The number of carbonyl (C=O) groups excluding carboxylic acids is 3. The number of urea groups is 1. The Morgan fingerprint density at radius 2 is 1.74 bits per heavy atom. The summed E-state index contributed by atoms with van der Waals surface area (Å²) in [5.74, 6) is -1.16. The summed E-state index contributed by atoms with van der Waals surface area (Å²) in [5.41, 5.74) is 6.41.